The summed E-state index contributed by atoms with van der Waals surface area (Å²) in [7, 11) is 0. The summed E-state index contributed by atoms with van der Waals surface area (Å²) in [5, 5.41) is 3.47. The molecule has 2 heterocycles. The number of hydrogen-bond acceptors (Lipinski definition) is 4. The van der Waals surface area contributed by atoms with Crippen LogP contribution in [0.15, 0.2) is 12.1 Å². The average Bonchev–Trinajstić information content (AvgIpc) is 2.84. The zero-order valence-corrected chi connectivity index (χ0v) is 13.1. The highest BCUT2D eigenvalue weighted by molar-refractivity contribution is 7.11. The van der Waals surface area contributed by atoms with Gasteiger partial charge in [-0.05, 0) is 18.6 Å². The average molecular weight is 282 g/mol. The van der Waals surface area contributed by atoms with E-state index in [-0.39, 0.29) is 0 Å². The maximum atomic E-state index is 5.72. The molecule has 0 spiro atoms. The molecule has 1 saturated heterocycles. The predicted molar refractivity (Wildman–Crippen MR) is 81.6 cm³/mol. The Morgan fingerprint density at radius 2 is 2.21 bits per heavy atom. The van der Waals surface area contributed by atoms with Crippen molar-refractivity contribution < 1.29 is 4.74 Å². The lowest BCUT2D eigenvalue weighted by molar-refractivity contribution is -0.0321. The van der Waals surface area contributed by atoms with Crippen LogP contribution in [0.25, 0.3) is 0 Å². The summed E-state index contributed by atoms with van der Waals surface area (Å²) in [5.41, 5.74) is 0. The van der Waals surface area contributed by atoms with Crippen LogP contribution in [0.5, 0.6) is 0 Å². The minimum atomic E-state index is 0.427. The first kappa shape index (κ1) is 15.0. The maximum absolute atomic E-state index is 5.72. The van der Waals surface area contributed by atoms with Crippen molar-refractivity contribution >= 4 is 11.3 Å². The molecule has 1 atom stereocenters. The van der Waals surface area contributed by atoms with Gasteiger partial charge in [0.15, 0.2) is 0 Å². The van der Waals surface area contributed by atoms with Gasteiger partial charge >= 0.3 is 0 Å². The van der Waals surface area contributed by atoms with Gasteiger partial charge in [-0.15, -0.1) is 11.3 Å². The van der Waals surface area contributed by atoms with Gasteiger partial charge in [0, 0.05) is 42.0 Å². The zero-order valence-electron chi connectivity index (χ0n) is 12.3. The maximum Gasteiger partial charge on any atom is 0.0700 e. The van der Waals surface area contributed by atoms with E-state index in [1.54, 1.807) is 0 Å². The van der Waals surface area contributed by atoms with E-state index in [4.69, 9.17) is 4.74 Å². The number of nitrogens with one attached hydrogen (secondary N) is 1. The molecule has 1 unspecified atom stereocenters. The number of ether oxygens (including phenoxy) is 1. The summed E-state index contributed by atoms with van der Waals surface area (Å²) in [6.45, 7) is 11.7. The summed E-state index contributed by atoms with van der Waals surface area (Å²) in [5.74, 6) is 0. The highest BCUT2D eigenvalue weighted by Crippen LogP contribution is 2.20. The molecule has 19 heavy (non-hydrogen) atoms. The molecule has 4 heteroatoms. The monoisotopic (exact) mass is 282 g/mol. The van der Waals surface area contributed by atoms with Crippen LogP contribution < -0.4 is 5.32 Å². The molecule has 1 aromatic heterocycles. The largest absolute Gasteiger partial charge is 0.376 e. The van der Waals surface area contributed by atoms with Gasteiger partial charge in [0.1, 0.15) is 0 Å². The topological polar surface area (TPSA) is 24.5 Å². The number of rotatable bonds is 6. The van der Waals surface area contributed by atoms with Crippen molar-refractivity contribution in [2.75, 3.05) is 19.7 Å². The van der Waals surface area contributed by atoms with Gasteiger partial charge in [0.05, 0.1) is 12.7 Å². The molecule has 108 valence electrons. The quantitative estimate of drug-likeness (QED) is 0.868. The summed E-state index contributed by atoms with van der Waals surface area (Å²) in [4.78, 5) is 5.42. The van der Waals surface area contributed by atoms with Gasteiger partial charge < -0.3 is 10.1 Å². The first-order chi connectivity index (χ1) is 9.17. The van der Waals surface area contributed by atoms with Crippen LogP contribution in [0.4, 0.5) is 0 Å². The second kappa shape index (κ2) is 7.39. The molecular formula is C15H26N2OS. The minimum Gasteiger partial charge on any atom is -0.376 e. The molecule has 0 amide bonds. The second-order valence-corrected chi connectivity index (χ2v) is 6.79. The third-order valence-corrected chi connectivity index (χ3v) is 4.53. The van der Waals surface area contributed by atoms with Crippen molar-refractivity contribution in [2.24, 2.45) is 0 Å². The van der Waals surface area contributed by atoms with E-state index in [0.29, 0.717) is 12.1 Å². The molecule has 0 radical (unpaired) electrons. The van der Waals surface area contributed by atoms with Gasteiger partial charge in [-0.2, -0.15) is 0 Å². The highest BCUT2D eigenvalue weighted by atomic mass is 32.1. The molecule has 0 aliphatic carbocycles. The van der Waals surface area contributed by atoms with Gasteiger partial charge in [-0.3, -0.25) is 4.90 Å². The Bertz CT molecular complexity index is 378. The normalized spacial score (nSPS) is 21.2. The third-order valence-electron chi connectivity index (χ3n) is 3.46. The van der Waals surface area contributed by atoms with Crippen LogP contribution in [0, 0.1) is 0 Å². The van der Waals surface area contributed by atoms with Crippen LogP contribution in [0.3, 0.4) is 0 Å². The fraction of sp³-hybridized carbons (Fsp3) is 0.733. The Labute approximate surface area is 121 Å². The van der Waals surface area contributed by atoms with Crippen LogP contribution >= 0.6 is 11.3 Å². The Balaban J connectivity index is 1.82. The summed E-state index contributed by atoms with van der Waals surface area (Å²) >= 11 is 1.93. The lowest BCUT2D eigenvalue weighted by atomic mass is 10.2. The number of thiophene rings is 1. The van der Waals surface area contributed by atoms with E-state index in [2.05, 4.69) is 43.1 Å². The Morgan fingerprint density at radius 1 is 1.42 bits per heavy atom. The first-order valence-corrected chi connectivity index (χ1v) is 8.14. The van der Waals surface area contributed by atoms with Crippen molar-refractivity contribution in [3.63, 3.8) is 0 Å². The summed E-state index contributed by atoms with van der Waals surface area (Å²) < 4.78 is 5.72. The van der Waals surface area contributed by atoms with E-state index in [0.717, 1.165) is 39.2 Å². The van der Waals surface area contributed by atoms with Crippen molar-refractivity contribution in [2.45, 2.75) is 52.4 Å². The predicted octanol–water partition coefficient (Wildman–Crippen LogP) is 2.86. The molecule has 0 bridgehead atoms. The van der Waals surface area contributed by atoms with Gasteiger partial charge in [0.2, 0.25) is 0 Å². The fourth-order valence-corrected chi connectivity index (χ4v) is 3.31. The highest BCUT2D eigenvalue weighted by Gasteiger charge is 2.19. The lowest BCUT2D eigenvalue weighted by Gasteiger charge is -2.32. The molecule has 2 rings (SSSR count). The molecule has 0 aromatic carbocycles. The molecule has 1 aromatic rings. The summed E-state index contributed by atoms with van der Waals surface area (Å²) in [6.07, 6.45) is 1.54. The van der Waals surface area contributed by atoms with E-state index in [1.807, 2.05) is 11.3 Å². The molecule has 1 N–H and O–H groups in total. The van der Waals surface area contributed by atoms with Crippen LogP contribution in [0.2, 0.25) is 0 Å². The van der Waals surface area contributed by atoms with Crippen molar-refractivity contribution in [3.05, 3.63) is 21.9 Å². The molecule has 1 aliphatic heterocycles. The molecular weight excluding hydrogens is 256 g/mol. The van der Waals surface area contributed by atoms with Gasteiger partial charge in [0.25, 0.3) is 0 Å². The van der Waals surface area contributed by atoms with Crippen molar-refractivity contribution in [1.82, 2.24) is 10.2 Å². The van der Waals surface area contributed by atoms with Crippen LogP contribution in [0.1, 0.15) is 36.9 Å². The Hall–Kier alpha value is -0.420. The van der Waals surface area contributed by atoms with Crippen LogP contribution in [-0.4, -0.2) is 36.7 Å². The molecule has 1 fully saturated rings. The zero-order chi connectivity index (χ0) is 13.7. The molecule has 3 nitrogen and oxygen atoms in total. The second-order valence-electron chi connectivity index (χ2n) is 5.54. The van der Waals surface area contributed by atoms with E-state index < -0.39 is 0 Å². The molecule has 0 saturated carbocycles. The first-order valence-electron chi connectivity index (χ1n) is 7.32. The van der Waals surface area contributed by atoms with E-state index in [9.17, 15) is 0 Å². The molecule has 1 aliphatic rings. The van der Waals surface area contributed by atoms with Crippen LogP contribution in [-0.2, 0) is 17.8 Å². The lowest BCUT2D eigenvalue weighted by Crippen LogP contribution is -2.41. The smallest absolute Gasteiger partial charge is 0.0700 e. The van der Waals surface area contributed by atoms with Gasteiger partial charge in [-0.25, -0.2) is 0 Å². The van der Waals surface area contributed by atoms with Crippen molar-refractivity contribution in [1.29, 1.82) is 0 Å². The van der Waals surface area contributed by atoms with E-state index >= 15 is 0 Å². The number of morpholine rings is 1. The SMILES string of the molecule is CCC1CN(Cc2ccc(CNC(C)C)s2)CCO1. The van der Waals surface area contributed by atoms with E-state index in [1.165, 1.54) is 9.75 Å². The number of nitrogens with zero attached hydrogens (tertiary/aromatic N) is 1. The summed E-state index contributed by atoms with van der Waals surface area (Å²) in [6, 6.07) is 5.08. The Morgan fingerprint density at radius 3 is 2.95 bits per heavy atom. The van der Waals surface area contributed by atoms with Crippen molar-refractivity contribution in [3.8, 4) is 0 Å². The number of hydrogen-bond donors (Lipinski definition) is 1. The fourth-order valence-electron chi connectivity index (χ4n) is 2.30. The van der Waals surface area contributed by atoms with Gasteiger partial charge in [-0.1, -0.05) is 20.8 Å². The Kier molecular flexibility index (Phi) is 5.82. The standard InChI is InChI=1S/C15H26N2OS/c1-4-13-10-17(7-8-18-13)11-15-6-5-14(19-15)9-16-12(2)3/h5-6,12-13,16H,4,7-11H2,1-3H3. The minimum absolute atomic E-state index is 0.427. The third kappa shape index (κ3) is 4.88.